The lowest BCUT2D eigenvalue weighted by atomic mass is 10.2. The first-order valence-corrected chi connectivity index (χ1v) is 9.17. The number of nitrogens with zero attached hydrogens (tertiary/aromatic N) is 1. The number of nitrogens with one attached hydrogen (secondary N) is 1. The average molecular weight is 445 g/mol. The summed E-state index contributed by atoms with van der Waals surface area (Å²) in [6.07, 6.45) is 0. The van der Waals surface area contributed by atoms with Crippen LogP contribution in [-0.2, 0) is 16.1 Å². The second-order valence-electron chi connectivity index (χ2n) is 5.85. The van der Waals surface area contributed by atoms with Gasteiger partial charge in [0.1, 0.15) is 11.3 Å². The Balaban J connectivity index is 1.57. The molecule has 0 aliphatic heterocycles. The number of amides is 1. The van der Waals surface area contributed by atoms with Crippen LogP contribution in [-0.4, -0.2) is 23.6 Å². The van der Waals surface area contributed by atoms with Crippen molar-refractivity contribution in [1.29, 1.82) is 0 Å². The van der Waals surface area contributed by atoms with Crippen molar-refractivity contribution in [3.8, 4) is 5.75 Å². The largest absolute Gasteiger partial charge is 0.483 e. The van der Waals surface area contributed by atoms with Crippen molar-refractivity contribution in [2.24, 2.45) is 0 Å². The van der Waals surface area contributed by atoms with Crippen LogP contribution in [0.25, 0.3) is 0 Å². The molecule has 0 spiro atoms. The predicted octanol–water partition coefficient (Wildman–Crippen LogP) is 4.12. The Morgan fingerprint density at radius 3 is 2.61 bits per heavy atom. The van der Waals surface area contributed by atoms with E-state index in [2.05, 4.69) is 26.4 Å². The van der Waals surface area contributed by atoms with Crippen molar-refractivity contribution in [2.75, 3.05) is 11.9 Å². The number of carbonyl (C=O) groups excluding carboxylic acids is 2. The normalized spacial score (nSPS) is 10.4. The molecule has 3 rings (SSSR count). The highest BCUT2D eigenvalue weighted by atomic mass is 79.9. The van der Waals surface area contributed by atoms with Gasteiger partial charge in [-0.15, -0.1) is 0 Å². The number of rotatable bonds is 7. The number of hydrogen-bond donors (Lipinski definition) is 1. The highest BCUT2D eigenvalue weighted by Gasteiger charge is 2.16. The quantitative estimate of drug-likeness (QED) is 0.551. The molecule has 7 nitrogen and oxygen atoms in total. The molecule has 1 amide bonds. The number of anilines is 1. The van der Waals surface area contributed by atoms with E-state index in [-0.39, 0.29) is 30.4 Å². The number of hydrogen-bond acceptors (Lipinski definition) is 6. The van der Waals surface area contributed by atoms with Crippen LogP contribution in [0.15, 0.2) is 63.6 Å². The van der Waals surface area contributed by atoms with Crippen molar-refractivity contribution in [3.05, 3.63) is 76.1 Å². The fourth-order valence-electron chi connectivity index (χ4n) is 2.33. The van der Waals surface area contributed by atoms with E-state index in [0.29, 0.717) is 17.1 Å². The zero-order chi connectivity index (χ0) is 19.9. The van der Waals surface area contributed by atoms with Crippen LogP contribution in [0, 0.1) is 6.92 Å². The Hall–Kier alpha value is -3.13. The highest BCUT2D eigenvalue weighted by molar-refractivity contribution is 9.10. The Labute approximate surface area is 169 Å². The van der Waals surface area contributed by atoms with Gasteiger partial charge >= 0.3 is 5.97 Å². The Morgan fingerprint density at radius 1 is 1.14 bits per heavy atom. The maximum atomic E-state index is 12.3. The molecule has 3 aromatic rings. The molecule has 0 bridgehead atoms. The molecule has 1 heterocycles. The lowest BCUT2D eigenvalue weighted by molar-refractivity contribution is -0.118. The molecule has 0 aliphatic carbocycles. The second-order valence-corrected chi connectivity index (χ2v) is 6.77. The Kier molecular flexibility index (Phi) is 6.44. The summed E-state index contributed by atoms with van der Waals surface area (Å²) in [5, 5.41) is 6.45. The van der Waals surface area contributed by atoms with Crippen LogP contribution in [0.5, 0.6) is 5.75 Å². The number of carbonyl (C=O) groups is 2. The van der Waals surface area contributed by atoms with E-state index in [1.54, 1.807) is 49.4 Å². The molecule has 28 heavy (non-hydrogen) atoms. The minimum atomic E-state index is -0.585. The fourth-order valence-corrected chi connectivity index (χ4v) is 2.60. The molecule has 0 atom stereocenters. The average Bonchev–Trinajstić information content (AvgIpc) is 3.12. The molecule has 1 aromatic heterocycles. The molecule has 144 valence electrons. The third-order valence-corrected chi connectivity index (χ3v) is 4.14. The molecule has 0 saturated carbocycles. The van der Waals surface area contributed by atoms with Gasteiger partial charge in [0, 0.05) is 16.2 Å². The van der Waals surface area contributed by atoms with Gasteiger partial charge in [0.15, 0.2) is 19.0 Å². The Morgan fingerprint density at radius 2 is 1.89 bits per heavy atom. The second kappa shape index (κ2) is 9.18. The van der Waals surface area contributed by atoms with Crippen molar-refractivity contribution in [1.82, 2.24) is 5.16 Å². The lowest BCUT2D eigenvalue weighted by Gasteiger charge is -2.11. The standard InChI is InChI=1S/C20H17BrN2O5/c1-13-10-16(28-23-13)11-27-20(25)17-4-2-3-5-18(17)26-12-19(24)22-15-8-6-14(21)7-9-15/h2-10H,11-12H2,1H3,(H,22,24). The zero-order valence-electron chi connectivity index (χ0n) is 15.0. The van der Waals surface area contributed by atoms with Gasteiger partial charge in [-0.1, -0.05) is 33.2 Å². The summed E-state index contributed by atoms with van der Waals surface area (Å²) in [6, 6.07) is 15.4. The van der Waals surface area contributed by atoms with E-state index in [1.807, 2.05) is 12.1 Å². The third-order valence-electron chi connectivity index (χ3n) is 3.62. The molecule has 0 unspecified atom stereocenters. The minimum Gasteiger partial charge on any atom is -0.483 e. The monoisotopic (exact) mass is 444 g/mol. The number of esters is 1. The number of aromatic nitrogens is 1. The van der Waals surface area contributed by atoms with Crippen molar-refractivity contribution in [3.63, 3.8) is 0 Å². The smallest absolute Gasteiger partial charge is 0.342 e. The lowest BCUT2D eigenvalue weighted by Crippen LogP contribution is -2.21. The van der Waals surface area contributed by atoms with E-state index < -0.39 is 5.97 Å². The molecular weight excluding hydrogens is 428 g/mol. The summed E-state index contributed by atoms with van der Waals surface area (Å²) in [7, 11) is 0. The van der Waals surface area contributed by atoms with Crippen LogP contribution in [0.1, 0.15) is 21.8 Å². The number of benzene rings is 2. The van der Waals surface area contributed by atoms with E-state index in [4.69, 9.17) is 14.0 Å². The first-order chi connectivity index (χ1) is 13.5. The number of para-hydroxylation sites is 1. The Bertz CT molecular complexity index is 969. The summed E-state index contributed by atoms with van der Waals surface area (Å²) in [5.41, 5.74) is 1.56. The minimum absolute atomic E-state index is 0.0436. The van der Waals surface area contributed by atoms with E-state index in [0.717, 1.165) is 4.47 Å². The van der Waals surface area contributed by atoms with Gasteiger partial charge in [-0.3, -0.25) is 4.79 Å². The van der Waals surface area contributed by atoms with Gasteiger partial charge in [0.05, 0.1) is 5.69 Å². The van der Waals surface area contributed by atoms with E-state index >= 15 is 0 Å². The maximum Gasteiger partial charge on any atom is 0.342 e. The summed E-state index contributed by atoms with van der Waals surface area (Å²) in [6.45, 7) is 1.48. The van der Waals surface area contributed by atoms with E-state index in [1.165, 1.54) is 0 Å². The van der Waals surface area contributed by atoms with Crippen molar-refractivity contribution >= 4 is 33.5 Å². The van der Waals surface area contributed by atoms with Gasteiger partial charge in [0.25, 0.3) is 5.91 Å². The molecule has 0 radical (unpaired) electrons. The summed E-state index contributed by atoms with van der Waals surface area (Å²) < 4.78 is 16.7. The highest BCUT2D eigenvalue weighted by Crippen LogP contribution is 2.20. The molecule has 0 fully saturated rings. The number of halogens is 1. The third kappa shape index (κ3) is 5.43. The van der Waals surface area contributed by atoms with Crippen molar-refractivity contribution < 1.29 is 23.6 Å². The first kappa shape index (κ1) is 19.6. The molecule has 8 heteroatoms. The van der Waals surface area contributed by atoms with Gasteiger partial charge in [-0.05, 0) is 43.3 Å². The number of ether oxygens (including phenoxy) is 2. The molecule has 0 aliphatic rings. The first-order valence-electron chi connectivity index (χ1n) is 8.38. The van der Waals surface area contributed by atoms with Crippen molar-refractivity contribution in [2.45, 2.75) is 13.5 Å². The topological polar surface area (TPSA) is 90.7 Å². The van der Waals surface area contributed by atoms with Crippen LogP contribution >= 0.6 is 15.9 Å². The zero-order valence-corrected chi connectivity index (χ0v) is 16.6. The summed E-state index contributed by atoms with van der Waals surface area (Å²) in [4.78, 5) is 24.4. The van der Waals surface area contributed by atoms with Gasteiger partial charge in [0.2, 0.25) is 0 Å². The van der Waals surface area contributed by atoms with Gasteiger partial charge in [-0.25, -0.2) is 4.79 Å². The van der Waals surface area contributed by atoms with Crippen LogP contribution in [0.3, 0.4) is 0 Å². The van der Waals surface area contributed by atoms with Crippen LogP contribution < -0.4 is 10.1 Å². The van der Waals surface area contributed by atoms with Gasteiger partial charge < -0.3 is 19.3 Å². The van der Waals surface area contributed by atoms with E-state index in [9.17, 15) is 9.59 Å². The summed E-state index contributed by atoms with van der Waals surface area (Å²) >= 11 is 3.33. The van der Waals surface area contributed by atoms with Gasteiger partial charge in [-0.2, -0.15) is 0 Å². The summed E-state index contributed by atoms with van der Waals surface area (Å²) in [5.74, 6) is -0.231. The fraction of sp³-hybridized carbons (Fsp3) is 0.150. The molecule has 0 saturated heterocycles. The van der Waals surface area contributed by atoms with Crippen LogP contribution in [0.4, 0.5) is 5.69 Å². The number of aryl methyl sites for hydroxylation is 1. The SMILES string of the molecule is Cc1cc(COC(=O)c2ccccc2OCC(=O)Nc2ccc(Br)cc2)on1. The molecular formula is C20H17BrN2O5. The maximum absolute atomic E-state index is 12.3. The molecule has 2 aromatic carbocycles. The van der Waals surface area contributed by atoms with Crippen LogP contribution in [0.2, 0.25) is 0 Å². The molecule has 1 N–H and O–H groups in total. The predicted molar refractivity (Wildman–Crippen MR) is 105 cm³/mol.